The van der Waals surface area contributed by atoms with Crippen LogP contribution in [0.5, 0.6) is 0 Å². The second-order valence-corrected chi connectivity index (χ2v) is 7.52. The van der Waals surface area contributed by atoms with E-state index in [4.69, 9.17) is 0 Å². The number of rotatable bonds is 7. The van der Waals surface area contributed by atoms with Crippen molar-refractivity contribution in [3.05, 3.63) is 58.3 Å². The fourth-order valence-corrected chi connectivity index (χ4v) is 4.27. The monoisotopic (exact) mass is 371 g/mol. The van der Waals surface area contributed by atoms with Crippen molar-refractivity contribution in [3.63, 3.8) is 0 Å². The molecule has 3 unspecified atom stereocenters. The fourth-order valence-electron chi connectivity index (χ4n) is 3.59. The molecule has 26 heavy (non-hydrogen) atoms. The van der Waals surface area contributed by atoms with E-state index in [0.29, 0.717) is 24.8 Å². The maximum atomic E-state index is 12.8. The third kappa shape index (κ3) is 4.41. The molecule has 0 bridgehead atoms. The fraction of sp³-hybridized carbons (Fsp3) is 0.368. The number of carbonyl (C=O) groups excluding carboxylic acids is 2. The summed E-state index contributed by atoms with van der Waals surface area (Å²) < 4.78 is 0. The SMILES string of the molecule is O=C(NC(Cc1ccsc1)B(O)O)C1CCCC1C(=O)c1ccccc1. The summed E-state index contributed by atoms with van der Waals surface area (Å²) >= 11 is 1.52. The first-order valence-electron chi connectivity index (χ1n) is 8.83. The summed E-state index contributed by atoms with van der Waals surface area (Å²) in [6.45, 7) is 0. The topological polar surface area (TPSA) is 86.6 Å². The second kappa shape index (κ2) is 8.62. The van der Waals surface area contributed by atoms with Gasteiger partial charge in [0.2, 0.25) is 5.91 Å². The van der Waals surface area contributed by atoms with Crippen molar-refractivity contribution in [2.24, 2.45) is 11.8 Å². The van der Waals surface area contributed by atoms with Crippen LogP contribution in [-0.2, 0) is 11.2 Å². The molecule has 136 valence electrons. The first-order valence-corrected chi connectivity index (χ1v) is 9.77. The molecule has 2 aromatic rings. The molecule has 5 nitrogen and oxygen atoms in total. The summed E-state index contributed by atoms with van der Waals surface area (Å²) in [6.07, 6.45) is 2.49. The highest BCUT2D eigenvalue weighted by Gasteiger charge is 2.39. The smallest absolute Gasteiger partial charge is 0.426 e. The molecule has 0 aliphatic heterocycles. The Morgan fingerprint density at radius 3 is 2.54 bits per heavy atom. The normalized spacial score (nSPS) is 20.5. The third-order valence-corrected chi connectivity index (χ3v) is 5.70. The van der Waals surface area contributed by atoms with Gasteiger partial charge in [-0.15, -0.1) is 0 Å². The van der Waals surface area contributed by atoms with Crippen LogP contribution in [0, 0.1) is 11.8 Å². The molecule has 1 aromatic carbocycles. The summed E-state index contributed by atoms with van der Waals surface area (Å²) in [5.74, 6) is -1.85. The summed E-state index contributed by atoms with van der Waals surface area (Å²) in [5.41, 5.74) is 1.56. The molecule has 1 amide bonds. The maximum absolute atomic E-state index is 12.8. The highest BCUT2D eigenvalue weighted by molar-refractivity contribution is 7.07. The van der Waals surface area contributed by atoms with Crippen molar-refractivity contribution in [3.8, 4) is 0 Å². The average Bonchev–Trinajstić information content (AvgIpc) is 3.32. The summed E-state index contributed by atoms with van der Waals surface area (Å²) in [5, 5.41) is 25.8. The van der Waals surface area contributed by atoms with Crippen LogP contribution in [0.15, 0.2) is 47.2 Å². The Bertz CT molecular complexity index is 735. The van der Waals surface area contributed by atoms with Gasteiger partial charge in [-0.05, 0) is 41.7 Å². The standard InChI is InChI=1S/C19H22BNO4S/c22-18(14-5-2-1-3-6-14)15-7-4-8-16(15)19(23)21-17(20(24)25)11-13-9-10-26-12-13/h1-3,5-6,9-10,12,15-17,24-25H,4,7-8,11H2,(H,21,23). The van der Waals surface area contributed by atoms with Crippen molar-refractivity contribution >= 4 is 30.1 Å². The van der Waals surface area contributed by atoms with Gasteiger partial charge in [-0.2, -0.15) is 11.3 Å². The van der Waals surface area contributed by atoms with E-state index in [-0.39, 0.29) is 17.6 Å². The Morgan fingerprint density at radius 2 is 1.88 bits per heavy atom. The molecule has 0 spiro atoms. The maximum Gasteiger partial charge on any atom is 0.475 e. The summed E-state index contributed by atoms with van der Waals surface area (Å²) in [4.78, 5) is 25.5. The van der Waals surface area contributed by atoms with Gasteiger partial charge in [0.25, 0.3) is 0 Å². The van der Waals surface area contributed by atoms with Crippen LogP contribution in [-0.4, -0.2) is 34.8 Å². The molecule has 1 saturated carbocycles. The predicted octanol–water partition coefficient (Wildman–Crippen LogP) is 2.09. The predicted molar refractivity (Wildman–Crippen MR) is 102 cm³/mol. The number of hydrogen-bond donors (Lipinski definition) is 3. The van der Waals surface area contributed by atoms with Crippen LogP contribution in [0.1, 0.15) is 35.2 Å². The van der Waals surface area contributed by atoms with Crippen LogP contribution in [0.3, 0.4) is 0 Å². The first-order chi connectivity index (χ1) is 12.6. The number of ketones is 1. The van der Waals surface area contributed by atoms with Gasteiger partial charge in [-0.3, -0.25) is 9.59 Å². The van der Waals surface area contributed by atoms with Gasteiger partial charge in [0.1, 0.15) is 0 Å². The largest absolute Gasteiger partial charge is 0.475 e. The molecule has 1 heterocycles. The van der Waals surface area contributed by atoms with Gasteiger partial charge in [0, 0.05) is 17.4 Å². The number of benzene rings is 1. The molecule has 3 N–H and O–H groups in total. The van der Waals surface area contributed by atoms with Crippen LogP contribution in [0.4, 0.5) is 0 Å². The van der Waals surface area contributed by atoms with E-state index in [1.165, 1.54) is 11.3 Å². The Labute approximate surface area is 157 Å². The van der Waals surface area contributed by atoms with Crippen molar-refractivity contribution < 1.29 is 19.6 Å². The number of Topliss-reactive ketones (excluding diaryl/α,β-unsaturated/α-hetero) is 1. The Balaban J connectivity index is 1.68. The van der Waals surface area contributed by atoms with Crippen molar-refractivity contribution in [2.45, 2.75) is 31.6 Å². The Hall–Kier alpha value is -1.96. The minimum atomic E-state index is -1.65. The molecular formula is C19H22BNO4S. The molecule has 3 rings (SSSR count). The van der Waals surface area contributed by atoms with Gasteiger partial charge in [-0.1, -0.05) is 36.8 Å². The van der Waals surface area contributed by atoms with E-state index in [1.54, 1.807) is 12.1 Å². The zero-order valence-electron chi connectivity index (χ0n) is 14.4. The van der Waals surface area contributed by atoms with E-state index in [2.05, 4.69) is 5.32 Å². The lowest BCUT2D eigenvalue weighted by atomic mass is 9.75. The molecule has 3 atom stereocenters. The molecule has 1 aliphatic rings. The van der Waals surface area contributed by atoms with Crippen LogP contribution < -0.4 is 5.32 Å². The molecule has 0 radical (unpaired) electrons. The minimum Gasteiger partial charge on any atom is -0.426 e. The van der Waals surface area contributed by atoms with E-state index in [9.17, 15) is 19.6 Å². The quantitative estimate of drug-likeness (QED) is 0.514. The minimum absolute atomic E-state index is 0.0119. The molecule has 1 aromatic heterocycles. The number of nitrogens with one attached hydrogen (secondary N) is 1. The van der Waals surface area contributed by atoms with Crippen molar-refractivity contribution in [1.82, 2.24) is 5.32 Å². The van der Waals surface area contributed by atoms with E-state index in [1.807, 2.05) is 35.0 Å². The number of carbonyl (C=O) groups is 2. The lowest BCUT2D eigenvalue weighted by Crippen LogP contribution is -2.50. The van der Waals surface area contributed by atoms with E-state index >= 15 is 0 Å². The molecule has 7 heteroatoms. The third-order valence-electron chi connectivity index (χ3n) is 4.97. The Kier molecular flexibility index (Phi) is 6.24. The highest BCUT2D eigenvalue weighted by atomic mass is 32.1. The van der Waals surface area contributed by atoms with E-state index in [0.717, 1.165) is 12.0 Å². The van der Waals surface area contributed by atoms with Gasteiger partial charge >= 0.3 is 7.12 Å². The second-order valence-electron chi connectivity index (χ2n) is 6.74. The van der Waals surface area contributed by atoms with E-state index < -0.39 is 19.0 Å². The van der Waals surface area contributed by atoms with Crippen molar-refractivity contribution in [1.29, 1.82) is 0 Å². The number of amides is 1. The summed E-state index contributed by atoms with van der Waals surface area (Å²) in [6, 6.07) is 10.9. The van der Waals surface area contributed by atoms with Gasteiger partial charge in [0.15, 0.2) is 5.78 Å². The lowest BCUT2D eigenvalue weighted by molar-refractivity contribution is -0.126. The zero-order valence-corrected chi connectivity index (χ0v) is 15.2. The van der Waals surface area contributed by atoms with Gasteiger partial charge in [-0.25, -0.2) is 0 Å². The number of thiophene rings is 1. The van der Waals surface area contributed by atoms with Gasteiger partial charge < -0.3 is 15.4 Å². The highest BCUT2D eigenvalue weighted by Crippen LogP contribution is 2.34. The van der Waals surface area contributed by atoms with Crippen LogP contribution >= 0.6 is 11.3 Å². The molecular weight excluding hydrogens is 349 g/mol. The summed E-state index contributed by atoms with van der Waals surface area (Å²) in [7, 11) is -1.65. The van der Waals surface area contributed by atoms with Crippen LogP contribution in [0.25, 0.3) is 0 Å². The van der Waals surface area contributed by atoms with Crippen molar-refractivity contribution in [2.75, 3.05) is 0 Å². The Morgan fingerprint density at radius 1 is 1.15 bits per heavy atom. The molecule has 1 aliphatic carbocycles. The lowest BCUT2D eigenvalue weighted by Gasteiger charge is -2.23. The number of hydrogen-bond acceptors (Lipinski definition) is 5. The molecule has 1 fully saturated rings. The van der Waals surface area contributed by atoms with Crippen LogP contribution in [0.2, 0.25) is 0 Å². The molecule has 0 saturated heterocycles. The zero-order chi connectivity index (χ0) is 18.5. The van der Waals surface area contributed by atoms with Gasteiger partial charge in [0.05, 0.1) is 5.94 Å². The average molecular weight is 371 g/mol. The first kappa shape index (κ1) is 18.8.